The fourth-order valence-corrected chi connectivity index (χ4v) is 2.63. The van der Waals surface area contributed by atoms with Crippen molar-refractivity contribution in [3.63, 3.8) is 0 Å². The summed E-state index contributed by atoms with van der Waals surface area (Å²) in [6.45, 7) is -0.245. The van der Waals surface area contributed by atoms with Gasteiger partial charge in [-0.3, -0.25) is 0 Å². The minimum absolute atomic E-state index is 0.245. The Bertz CT molecular complexity index is 857. The normalized spacial score (nSPS) is 10.5. The van der Waals surface area contributed by atoms with Crippen LogP contribution in [0.5, 0.6) is 11.5 Å². The Kier molecular flexibility index (Phi) is 4.70. The minimum atomic E-state index is -0.507. The summed E-state index contributed by atoms with van der Waals surface area (Å²) in [5.74, 6) is 0.372. The molecule has 0 bridgehead atoms. The first kappa shape index (κ1) is 15.7. The van der Waals surface area contributed by atoms with Gasteiger partial charge < -0.3 is 9.47 Å². The van der Waals surface area contributed by atoms with E-state index >= 15 is 0 Å². The highest BCUT2D eigenvalue weighted by molar-refractivity contribution is 6.35. The Morgan fingerprint density at radius 3 is 2.52 bits per heavy atom. The number of fused-ring (bicyclic) bond motifs is 1. The van der Waals surface area contributed by atoms with Gasteiger partial charge in [0, 0.05) is 10.4 Å². The van der Waals surface area contributed by atoms with Crippen molar-refractivity contribution in [3.05, 3.63) is 70.7 Å². The van der Waals surface area contributed by atoms with Gasteiger partial charge in [-0.15, -0.1) is 0 Å². The van der Waals surface area contributed by atoms with Crippen molar-refractivity contribution >= 4 is 39.9 Å². The molecule has 0 fully saturated rings. The molecule has 0 heterocycles. The lowest BCUT2D eigenvalue weighted by molar-refractivity contribution is -0.136. The van der Waals surface area contributed by atoms with Gasteiger partial charge in [-0.1, -0.05) is 59.6 Å². The molecule has 0 aliphatic rings. The van der Waals surface area contributed by atoms with Crippen molar-refractivity contribution in [3.8, 4) is 11.5 Å². The van der Waals surface area contributed by atoms with Crippen LogP contribution in [0, 0.1) is 0 Å². The molecule has 23 heavy (non-hydrogen) atoms. The van der Waals surface area contributed by atoms with Crippen LogP contribution in [0.4, 0.5) is 0 Å². The lowest BCUT2D eigenvalue weighted by Crippen LogP contribution is -2.17. The molecule has 0 atom stereocenters. The molecule has 0 N–H and O–H groups in total. The topological polar surface area (TPSA) is 35.5 Å². The molecule has 0 unspecified atom stereocenters. The Hall–Kier alpha value is -2.23. The summed E-state index contributed by atoms with van der Waals surface area (Å²) in [4.78, 5) is 12.0. The molecular weight excluding hydrogens is 335 g/mol. The van der Waals surface area contributed by atoms with Crippen LogP contribution in [0.25, 0.3) is 10.8 Å². The number of esters is 1. The molecule has 3 aromatic carbocycles. The zero-order chi connectivity index (χ0) is 16.2. The van der Waals surface area contributed by atoms with E-state index in [-0.39, 0.29) is 6.61 Å². The van der Waals surface area contributed by atoms with Gasteiger partial charge in [0.15, 0.2) is 6.61 Å². The Balaban J connectivity index is 1.69. The number of ether oxygens (including phenoxy) is 2. The molecule has 0 spiro atoms. The molecule has 0 aromatic heterocycles. The van der Waals surface area contributed by atoms with Gasteiger partial charge in [0.05, 0.1) is 5.02 Å². The number of halogens is 2. The van der Waals surface area contributed by atoms with Crippen molar-refractivity contribution in [1.29, 1.82) is 0 Å². The summed E-state index contributed by atoms with van der Waals surface area (Å²) in [5, 5.41) is 2.71. The fraction of sp³-hybridized carbons (Fsp3) is 0.0556. The van der Waals surface area contributed by atoms with Crippen LogP contribution in [-0.2, 0) is 4.79 Å². The fourth-order valence-electron chi connectivity index (χ4n) is 2.17. The predicted octanol–water partition coefficient (Wildman–Crippen LogP) is 5.13. The Morgan fingerprint density at radius 1 is 0.913 bits per heavy atom. The van der Waals surface area contributed by atoms with Gasteiger partial charge in [0.25, 0.3) is 0 Å². The zero-order valence-electron chi connectivity index (χ0n) is 12.0. The first-order valence-electron chi connectivity index (χ1n) is 6.90. The standard InChI is InChI=1S/C18H12Cl2O3/c19-13-8-9-17(15(20)10-13)22-11-18(21)23-16-7-3-5-12-4-1-2-6-14(12)16/h1-10H,11H2. The Labute approximate surface area is 143 Å². The third kappa shape index (κ3) is 3.76. The van der Waals surface area contributed by atoms with Crippen LogP contribution in [0.15, 0.2) is 60.7 Å². The molecule has 0 saturated heterocycles. The molecular formula is C18H12Cl2O3. The third-order valence-electron chi connectivity index (χ3n) is 3.21. The number of hydrogen-bond acceptors (Lipinski definition) is 3. The van der Waals surface area contributed by atoms with Crippen molar-refractivity contribution < 1.29 is 14.3 Å². The highest BCUT2D eigenvalue weighted by Gasteiger charge is 2.10. The maximum absolute atomic E-state index is 12.0. The predicted molar refractivity (Wildman–Crippen MR) is 91.5 cm³/mol. The van der Waals surface area contributed by atoms with Gasteiger partial charge in [-0.25, -0.2) is 4.79 Å². The first-order chi connectivity index (χ1) is 11.1. The molecule has 0 saturated carbocycles. The molecule has 5 heteroatoms. The number of carbonyl (C=O) groups excluding carboxylic acids is 1. The van der Waals surface area contributed by atoms with Crippen molar-refractivity contribution in [2.24, 2.45) is 0 Å². The van der Waals surface area contributed by atoms with Gasteiger partial charge in [-0.2, -0.15) is 0 Å². The largest absolute Gasteiger partial charge is 0.480 e. The van der Waals surface area contributed by atoms with Crippen LogP contribution in [0.1, 0.15) is 0 Å². The van der Waals surface area contributed by atoms with E-state index in [2.05, 4.69) is 0 Å². The molecule has 0 aliphatic heterocycles. The van der Waals surface area contributed by atoms with Gasteiger partial charge in [0.2, 0.25) is 0 Å². The summed E-state index contributed by atoms with van der Waals surface area (Å²) in [5.41, 5.74) is 0. The van der Waals surface area contributed by atoms with Crippen molar-refractivity contribution in [2.45, 2.75) is 0 Å². The zero-order valence-corrected chi connectivity index (χ0v) is 13.5. The van der Waals surface area contributed by atoms with E-state index < -0.39 is 5.97 Å². The molecule has 0 amide bonds. The van der Waals surface area contributed by atoms with E-state index in [0.29, 0.717) is 21.5 Å². The summed E-state index contributed by atoms with van der Waals surface area (Å²) in [6, 6.07) is 18.0. The SMILES string of the molecule is O=C(COc1ccc(Cl)cc1Cl)Oc1cccc2ccccc12. The van der Waals surface area contributed by atoms with Crippen LogP contribution < -0.4 is 9.47 Å². The van der Waals surface area contributed by atoms with Gasteiger partial charge in [0.1, 0.15) is 11.5 Å². The van der Waals surface area contributed by atoms with Crippen molar-refractivity contribution in [2.75, 3.05) is 6.61 Å². The van der Waals surface area contributed by atoms with Gasteiger partial charge >= 0.3 is 5.97 Å². The van der Waals surface area contributed by atoms with E-state index in [0.717, 1.165) is 10.8 Å². The van der Waals surface area contributed by atoms with Gasteiger partial charge in [-0.05, 0) is 29.7 Å². The summed E-state index contributed by atoms with van der Waals surface area (Å²) in [7, 11) is 0. The van der Waals surface area contributed by atoms with Crippen LogP contribution in [0.2, 0.25) is 10.0 Å². The van der Waals surface area contributed by atoms with E-state index in [4.69, 9.17) is 32.7 Å². The highest BCUT2D eigenvalue weighted by Crippen LogP contribution is 2.28. The molecule has 3 rings (SSSR count). The molecule has 0 radical (unpaired) electrons. The van der Waals surface area contributed by atoms with E-state index in [1.54, 1.807) is 24.3 Å². The summed E-state index contributed by atoms with van der Waals surface area (Å²) < 4.78 is 10.8. The average Bonchev–Trinajstić information content (AvgIpc) is 2.54. The summed E-state index contributed by atoms with van der Waals surface area (Å²) in [6.07, 6.45) is 0. The second kappa shape index (κ2) is 6.90. The highest BCUT2D eigenvalue weighted by atomic mass is 35.5. The second-order valence-corrected chi connectivity index (χ2v) is 5.66. The van der Waals surface area contributed by atoms with Crippen molar-refractivity contribution in [1.82, 2.24) is 0 Å². The lowest BCUT2D eigenvalue weighted by atomic mass is 10.1. The second-order valence-electron chi connectivity index (χ2n) is 4.81. The smallest absolute Gasteiger partial charge is 0.349 e. The number of hydrogen-bond donors (Lipinski definition) is 0. The minimum Gasteiger partial charge on any atom is -0.480 e. The average molecular weight is 347 g/mol. The molecule has 3 nitrogen and oxygen atoms in total. The lowest BCUT2D eigenvalue weighted by Gasteiger charge is -2.10. The maximum Gasteiger partial charge on any atom is 0.349 e. The number of benzene rings is 3. The molecule has 0 aliphatic carbocycles. The first-order valence-corrected chi connectivity index (χ1v) is 7.65. The molecule has 116 valence electrons. The quantitative estimate of drug-likeness (QED) is 0.485. The van der Waals surface area contributed by atoms with Crippen LogP contribution >= 0.6 is 23.2 Å². The number of rotatable bonds is 4. The Morgan fingerprint density at radius 2 is 1.70 bits per heavy atom. The van der Waals surface area contributed by atoms with E-state index in [1.165, 1.54) is 0 Å². The van der Waals surface area contributed by atoms with Crippen LogP contribution in [0.3, 0.4) is 0 Å². The van der Waals surface area contributed by atoms with E-state index in [1.807, 2.05) is 36.4 Å². The third-order valence-corrected chi connectivity index (χ3v) is 3.74. The van der Waals surface area contributed by atoms with Crippen LogP contribution in [-0.4, -0.2) is 12.6 Å². The summed E-state index contributed by atoms with van der Waals surface area (Å²) >= 11 is 11.8. The number of carbonyl (C=O) groups is 1. The monoisotopic (exact) mass is 346 g/mol. The maximum atomic E-state index is 12.0. The van der Waals surface area contributed by atoms with E-state index in [9.17, 15) is 4.79 Å². The molecule has 3 aromatic rings.